The summed E-state index contributed by atoms with van der Waals surface area (Å²) in [6, 6.07) is 17.5. The van der Waals surface area contributed by atoms with Crippen LogP contribution in [-0.4, -0.2) is 16.0 Å². The predicted octanol–water partition coefficient (Wildman–Crippen LogP) is 6.65. The molecule has 4 N–H and O–H groups in total. The Kier molecular flexibility index (Phi) is 6.46. The maximum absolute atomic E-state index is 13.8. The van der Waals surface area contributed by atoms with Crippen molar-refractivity contribution in [2.45, 2.75) is 24.9 Å². The molecular weight excluding hydrogens is 550 g/mol. The van der Waals surface area contributed by atoms with E-state index < -0.39 is 11.8 Å². The third-order valence-electron chi connectivity index (χ3n) is 6.61. The number of anilines is 3. The summed E-state index contributed by atoms with van der Waals surface area (Å²) in [7, 11) is 0. The smallest absolute Gasteiger partial charge is 0.141 e. The molecule has 1 fully saturated rings. The van der Waals surface area contributed by atoms with Gasteiger partial charge in [-0.15, -0.1) is 5.53 Å². The van der Waals surface area contributed by atoms with Crippen LogP contribution in [0.5, 0.6) is 0 Å². The van der Waals surface area contributed by atoms with Gasteiger partial charge >= 0.3 is 0 Å². The van der Waals surface area contributed by atoms with Gasteiger partial charge in [-0.1, -0.05) is 41.4 Å². The second kappa shape index (κ2) is 10.6. The molecule has 2 heterocycles. The fraction of sp³-hybridized carbons (Fsp3) is 0.138. The van der Waals surface area contributed by atoms with Crippen molar-refractivity contribution < 1.29 is 5.76 Å². The highest BCUT2D eigenvalue weighted by Gasteiger charge is 2.32. The van der Waals surface area contributed by atoms with E-state index in [1.807, 2.05) is 11.2 Å². The van der Waals surface area contributed by atoms with E-state index >= 15 is 0 Å². The number of pyridine rings is 1. The lowest BCUT2D eigenvalue weighted by Gasteiger charge is -2.23. The molecule has 0 radical (unpaired) electrons. The third kappa shape index (κ3) is 4.94. The highest BCUT2D eigenvalue weighted by Crippen LogP contribution is 2.37. The molecule has 3 aromatic carbocycles. The van der Waals surface area contributed by atoms with E-state index in [0.29, 0.717) is 50.3 Å². The van der Waals surface area contributed by atoms with E-state index in [0.717, 1.165) is 12.8 Å². The summed E-state index contributed by atoms with van der Waals surface area (Å²) in [5.74, 6) is -0.577. The highest BCUT2D eigenvalue weighted by molar-refractivity contribution is 6.31. The second-order valence-electron chi connectivity index (χ2n) is 9.34. The van der Waals surface area contributed by atoms with Crippen molar-refractivity contribution in [2.24, 2.45) is 0 Å². The van der Waals surface area contributed by atoms with Crippen molar-refractivity contribution in [3.63, 3.8) is 0 Å². The fourth-order valence-corrected chi connectivity index (χ4v) is 4.90. The molecule has 1 aliphatic heterocycles. The topological polar surface area (TPSA) is 112 Å². The van der Waals surface area contributed by atoms with Crippen LogP contribution in [0.4, 0.5) is 21.5 Å². The van der Waals surface area contributed by atoms with E-state index in [4.69, 9.17) is 23.2 Å². The predicted molar refractivity (Wildman–Crippen MR) is 153 cm³/mol. The molecule has 8 nitrogen and oxygen atoms in total. The van der Waals surface area contributed by atoms with Crippen LogP contribution in [0.1, 0.15) is 36.9 Å². The van der Waals surface area contributed by atoms with Crippen molar-refractivity contribution in [1.29, 1.82) is 10.5 Å². The Balaban J connectivity index is 1.50. The zero-order valence-electron chi connectivity index (χ0n) is 21.8. The standard InChI is InChI=1S/C29H21Cl2FN8/c30-23-4-2-1-3-21(23)29(26-15-40(39-38-26)20-6-7-20)37-19-9-16(12-33)27-22(10-19)28(17(13-34)14-35-27)36-18-5-8-25(32)24(31)11-18/h1-5,8-11,14-15,20,29,37-39H,6-7H2,(H,35,36)/t29-/m1/s1/i29D. The number of rotatable bonds is 7. The normalized spacial score (nSPS) is 16.3. The molecule has 1 aliphatic carbocycles. The molecule has 1 atom stereocenters. The van der Waals surface area contributed by atoms with Crippen molar-refractivity contribution >= 4 is 51.2 Å². The lowest BCUT2D eigenvalue weighted by Crippen LogP contribution is -2.38. The molecule has 1 aromatic heterocycles. The first kappa shape index (κ1) is 24.5. The number of nitrogens with zero attached hydrogens (tertiary/aromatic N) is 4. The Bertz CT molecular complexity index is 1810. The Morgan fingerprint density at radius 3 is 2.58 bits per heavy atom. The zero-order valence-corrected chi connectivity index (χ0v) is 22.3. The number of halogens is 3. The van der Waals surface area contributed by atoms with E-state index in [2.05, 4.69) is 38.7 Å². The lowest BCUT2D eigenvalue weighted by atomic mass is 10.0. The summed E-state index contributed by atoms with van der Waals surface area (Å²) in [5.41, 5.74) is 9.17. The van der Waals surface area contributed by atoms with Gasteiger partial charge in [0.2, 0.25) is 0 Å². The molecule has 11 heteroatoms. The van der Waals surface area contributed by atoms with Gasteiger partial charge in [0.25, 0.3) is 0 Å². The fourth-order valence-electron chi connectivity index (χ4n) is 4.49. The summed E-state index contributed by atoms with van der Waals surface area (Å²) in [5, 5.41) is 29.0. The summed E-state index contributed by atoms with van der Waals surface area (Å²) in [4.78, 5) is 4.37. The number of nitrogens with one attached hydrogen (secondary N) is 4. The molecule has 0 bridgehead atoms. The van der Waals surface area contributed by atoms with Gasteiger partial charge in [0.1, 0.15) is 18.0 Å². The van der Waals surface area contributed by atoms with Crippen molar-refractivity contribution in [2.75, 3.05) is 10.6 Å². The van der Waals surface area contributed by atoms with Gasteiger partial charge in [0.15, 0.2) is 0 Å². The molecule has 6 rings (SSSR count). The Morgan fingerprint density at radius 1 is 1.05 bits per heavy atom. The van der Waals surface area contributed by atoms with E-state index in [1.54, 1.807) is 36.4 Å². The lowest BCUT2D eigenvalue weighted by molar-refractivity contribution is 0.260. The van der Waals surface area contributed by atoms with E-state index in [1.165, 1.54) is 24.4 Å². The first-order chi connectivity index (χ1) is 19.8. The Labute approximate surface area is 241 Å². The first-order valence-corrected chi connectivity index (χ1v) is 13.1. The number of benzene rings is 3. The van der Waals surface area contributed by atoms with Gasteiger partial charge in [-0.3, -0.25) is 9.99 Å². The van der Waals surface area contributed by atoms with Crippen LogP contribution in [0, 0.1) is 28.5 Å². The Hall–Kier alpha value is -4.54. The number of hydrogen-bond donors (Lipinski definition) is 4. The zero-order chi connectivity index (χ0) is 28.7. The average Bonchev–Trinajstić information content (AvgIpc) is 3.70. The maximum atomic E-state index is 13.8. The van der Waals surface area contributed by atoms with Crippen LogP contribution in [0.3, 0.4) is 0 Å². The van der Waals surface area contributed by atoms with Crippen molar-refractivity contribution in [3.05, 3.63) is 105 Å². The van der Waals surface area contributed by atoms with Gasteiger partial charge in [0.05, 0.1) is 40.4 Å². The Morgan fingerprint density at radius 2 is 1.85 bits per heavy atom. The van der Waals surface area contributed by atoms with Crippen LogP contribution in [0.2, 0.25) is 10.0 Å². The summed E-state index contributed by atoms with van der Waals surface area (Å²) in [6.07, 6.45) is 5.30. The molecular formula is C29H21Cl2FN8. The van der Waals surface area contributed by atoms with Gasteiger partial charge in [-0.05, 0) is 54.8 Å². The monoisotopic (exact) mass is 571 g/mol. The molecule has 198 valence electrons. The SMILES string of the molecule is [2H][C@](Nc1cc(C#N)c2ncc(C#N)c(Nc3ccc(F)c(Cl)c3)c2c1)(C1=CN(C2CC2)NN1)c1ccccc1Cl. The van der Waals surface area contributed by atoms with Gasteiger partial charge in [-0.2, -0.15) is 10.5 Å². The number of aromatic nitrogens is 1. The van der Waals surface area contributed by atoms with Gasteiger partial charge in [-0.25, -0.2) is 4.39 Å². The van der Waals surface area contributed by atoms with Crippen molar-refractivity contribution in [1.82, 2.24) is 21.0 Å². The van der Waals surface area contributed by atoms with E-state index in [9.17, 15) is 16.3 Å². The maximum Gasteiger partial charge on any atom is 0.141 e. The van der Waals surface area contributed by atoms with Crippen LogP contribution in [-0.2, 0) is 0 Å². The minimum absolute atomic E-state index is 0.0862. The second-order valence-corrected chi connectivity index (χ2v) is 10.2. The summed E-state index contributed by atoms with van der Waals surface area (Å²) in [6.45, 7) is 0. The average molecular weight is 572 g/mol. The van der Waals surface area contributed by atoms with Crippen LogP contribution in [0.15, 0.2) is 72.7 Å². The molecule has 0 amide bonds. The highest BCUT2D eigenvalue weighted by atomic mass is 35.5. The molecule has 1 saturated carbocycles. The third-order valence-corrected chi connectivity index (χ3v) is 7.23. The molecule has 0 unspecified atom stereocenters. The van der Waals surface area contributed by atoms with Crippen LogP contribution < -0.4 is 21.6 Å². The molecule has 40 heavy (non-hydrogen) atoms. The van der Waals surface area contributed by atoms with Crippen LogP contribution >= 0.6 is 23.2 Å². The molecule has 0 spiro atoms. The van der Waals surface area contributed by atoms with Gasteiger partial charge in [0, 0.05) is 40.2 Å². The quantitative estimate of drug-likeness (QED) is 0.195. The number of nitriles is 2. The number of hydrogen-bond acceptors (Lipinski definition) is 8. The van der Waals surface area contributed by atoms with Crippen molar-refractivity contribution in [3.8, 4) is 12.1 Å². The minimum Gasteiger partial charge on any atom is -0.373 e. The number of hydrazine groups is 2. The van der Waals surface area contributed by atoms with Gasteiger partial charge < -0.3 is 16.1 Å². The molecule has 4 aromatic rings. The molecule has 2 aliphatic rings. The van der Waals surface area contributed by atoms with E-state index in [-0.39, 0.29) is 16.1 Å². The summed E-state index contributed by atoms with van der Waals surface area (Å²) < 4.78 is 23.5. The summed E-state index contributed by atoms with van der Waals surface area (Å²) >= 11 is 12.6. The van der Waals surface area contributed by atoms with Crippen LogP contribution in [0.25, 0.3) is 10.9 Å². The number of fused-ring (bicyclic) bond motifs is 1. The largest absolute Gasteiger partial charge is 0.373 e. The molecule has 0 saturated heterocycles. The minimum atomic E-state index is -1.60. The first-order valence-electron chi connectivity index (χ1n) is 12.8.